The van der Waals surface area contributed by atoms with Gasteiger partial charge < -0.3 is 20.2 Å². The second kappa shape index (κ2) is 7.44. The van der Waals surface area contributed by atoms with Gasteiger partial charge in [-0.3, -0.25) is 4.79 Å². The smallest absolute Gasteiger partial charge is 0.323 e. The van der Waals surface area contributed by atoms with Gasteiger partial charge in [0.1, 0.15) is 0 Å². The Morgan fingerprint density at radius 3 is 2.52 bits per heavy atom. The average molecular weight is 344 g/mol. The van der Waals surface area contributed by atoms with Crippen molar-refractivity contribution in [2.75, 3.05) is 19.6 Å². The lowest BCUT2D eigenvalue weighted by Crippen LogP contribution is -2.47. The lowest BCUT2D eigenvalue weighted by Gasteiger charge is -2.28. The molecule has 1 aromatic heterocycles. The van der Waals surface area contributed by atoms with Crippen LogP contribution in [0.2, 0.25) is 0 Å². The molecule has 0 spiro atoms. The molecule has 136 valence electrons. The van der Waals surface area contributed by atoms with E-state index in [9.17, 15) is 9.59 Å². The van der Waals surface area contributed by atoms with E-state index in [-0.39, 0.29) is 23.6 Å². The molecule has 0 bridgehead atoms. The number of fused-ring (bicyclic) bond motifs is 1. The zero-order valence-corrected chi connectivity index (χ0v) is 15.3. The summed E-state index contributed by atoms with van der Waals surface area (Å²) in [6.07, 6.45) is 2.51. The first-order chi connectivity index (χ1) is 11.9. The molecule has 3 N–H and O–H groups in total. The molecule has 1 aliphatic rings. The molecule has 0 saturated carbocycles. The van der Waals surface area contributed by atoms with Gasteiger partial charge in [-0.2, -0.15) is 0 Å². The Morgan fingerprint density at radius 2 is 1.84 bits per heavy atom. The highest BCUT2D eigenvalue weighted by Crippen LogP contribution is 2.20. The van der Waals surface area contributed by atoms with Gasteiger partial charge >= 0.3 is 5.69 Å². The van der Waals surface area contributed by atoms with Crippen molar-refractivity contribution >= 4 is 16.9 Å². The Labute approximate surface area is 148 Å². The molecule has 1 fully saturated rings. The molecular formula is C19H28N4O2. The third kappa shape index (κ3) is 4.12. The summed E-state index contributed by atoms with van der Waals surface area (Å²) < 4.78 is 0. The van der Waals surface area contributed by atoms with Crippen LogP contribution in [0.5, 0.6) is 0 Å². The number of hydrogen-bond acceptors (Lipinski definition) is 3. The van der Waals surface area contributed by atoms with Crippen molar-refractivity contribution in [3.63, 3.8) is 0 Å². The van der Waals surface area contributed by atoms with Gasteiger partial charge in [-0.25, -0.2) is 4.79 Å². The molecule has 2 atom stereocenters. The van der Waals surface area contributed by atoms with Crippen LogP contribution in [0.25, 0.3) is 11.0 Å². The van der Waals surface area contributed by atoms with Crippen molar-refractivity contribution in [3.05, 3.63) is 34.2 Å². The second-order valence-corrected chi connectivity index (χ2v) is 7.47. The Morgan fingerprint density at radius 1 is 1.16 bits per heavy atom. The van der Waals surface area contributed by atoms with Crippen LogP contribution in [0.15, 0.2) is 23.0 Å². The molecule has 1 aliphatic heterocycles. The quantitative estimate of drug-likeness (QED) is 0.751. The maximum atomic E-state index is 12.8. The van der Waals surface area contributed by atoms with E-state index < -0.39 is 0 Å². The van der Waals surface area contributed by atoms with Gasteiger partial charge in [0.05, 0.1) is 17.0 Å². The number of nitrogens with zero attached hydrogens (tertiary/aromatic N) is 1. The van der Waals surface area contributed by atoms with Gasteiger partial charge in [-0.05, 0) is 56.5 Å². The molecular weight excluding hydrogens is 316 g/mol. The summed E-state index contributed by atoms with van der Waals surface area (Å²) in [7, 11) is 0. The number of aromatic nitrogens is 2. The number of rotatable bonds is 6. The minimum atomic E-state index is -0.261. The summed E-state index contributed by atoms with van der Waals surface area (Å²) in [6, 6.07) is 5.78. The van der Waals surface area contributed by atoms with Gasteiger partial charge in [0, 0.05) is 12.6 Å². The predicted molar refractivity (Wildman–Crippen MR) is 99.8 cm³/mol. The maximum Gasteiger partial charge on any atom is 0.323 e. The van der Waals surface area contributed by atoms with E-state index in [0.717, 1.165) is 36.2 Å². The van der Waals surface area contributed by atoms with Crippen LogP contribution in [0, 0.1) is 5.92 Å². The van der Waals surface area contributed by atoms with Crippen LogP contribution in [0.1, 0.15) is 45.1 Å². The number of imidazole rings is 1. The van der Waals surface area contributed by atoms with Crippen LogP contribution < -0.4 is 11.0 Å². The fourth-order valence-corrected chi connectivity index (χ4v) is 3.45. The SMILES string of the molecule is CC(C(=O)NC(CN1CCCC1)C(C)C)c1ccc2[nH]c(=O)[nH]c2c1. The van der Waals surface area contributed by atoms with Crippen molar-refractivity contribution in [2.45, 2.75) is 45.6 Å². The monoisotopic (exact) mass is 344 g/mol. The lowest BCUT2D eigenvalue weighted by atomic mass is 9.97. The first-order valence-electron chi connectivity index (χ1n) is 9.18. The number of nitrogens with one attached hydrogen (secondary N) is 3. The number of likely N-dealkylation sites (tertiary alicyclic amines) is 1. The second-order valence-electron chi connectivity index (χ2n) is 7.47. The van der Waals surface area contributed by atoms with Crippen LogP contribution >= 0.6 is 0 Å². The molecule has 2 aromatic rings. The summed E-state index contributed by atoms with van der Waals surface area (Å²) in [5.74, 6) is 0.165. The predicted octanol–water partition coefficient (Wildman–Crippen LogP) is 2.20. The largest absolute Gasteiger partial charge is 0.351 e. The average Bonchev–Trinajstić information content (AvgIpc) is 3.20. The molecule has 2 heterocycles. The lowest BCUT2D eigenvalue weighted by molar-refractivity contribution is -0.123. The third-order valence-electron chi connectivity index (χ3n) is 5.22. The molecule has 0 radical (unpaired) electrons. The molecule has 3 rings (SSSR count). The summed E-state index contributed by atoms with van der Waals surface area (Å²) in [5.41, 5.74) is 2.17. The Bertz CT molecular complexity index is 786. The van der Waals surface area contributed by atoms with Crippen molar-refractivity contribution in [1.29, 1.82) is 0 Å². The highest BCUT2D eigenvalue weighted by molar-refractivity contribution is 5.85. The van der Waals surface area contributed by atoms with Crippen molar-refractivity contribution in [3.8, 4) is 0 Å². The van der Waals surface area contributed by atoms with Crippen LogP contribution in [0.3, 0.4) is 0 Å². The van der Waals surface area contributed by atoms with Crippen molar-refractivity contribution < 1.29 is 4.79 Å². The van der Waals surface area contributed by atoms with E-state index in [1.165, 1.54) is 12.8 Å². The number of H-pyrrole nitrogens is 2. The van der Waals surface area contributed by atoms with E-state index >= 15 is 0 Å². The maximum absolute atomic E-state index is 12.8. The molecule has 25 heavy (non-hydrogen) atoms. The minimum absolute atomic E-state index is 0.0372. The number of carbonyl (C=O) groups excluding carboxylic acids is 1. The minimum Gasteiger partial charge on any atom is -0.351 e. The summed E-state index contributed by atoms with van der Waals surface area (Å²) in [6.45, 7) is 9.40. The number of amides is 1. The van der Waals surface area contributed by atoms with Crippen LogP contribution in [-0.4, -0.2) is 46.5 Å². The van der Waals surface area contributed by atoms with E-state index in [0.29, 0.717) is 5.92 Å². The topological polar surface area (TPSA) is 81.0 Å². The standard InChI is InChI=1S/C19H28N4O2/c1-12(2)17(11-23-8-4-5-9-23)20-18(24)13(3)14-6-7-15-16(10-14)22-19(25)21-15/h6-7,10,12-13,17H,4-5,8-9,11H2,1-3H3,(H,20,24)(H2,21,22,25). The number of carbonyl (C=O) groups is 1. The van der Waals surface area contributed by atoms with Crippen molar-refractivity contribution in [2.24, 2.45) is 5.92 Å². The van der Waals surface area contributed by atoms with E-state index in [1.807, 2.05) is 25.1 Å². The number of hydrogen-bond donors (Lipinski definition) is 3. The zero-order valence-electron chi connectivity index (χ0n) is 15.3. The van der Waals surface area contributed by atoms with E-state index in [2.05, 4.69) is 34.0 Å². The summed E-state index contributed by atoms with van der Waals surface area (Å²) >= 11 is 0. The Kier molecular flexibility index (Phi) is 5.27. The normalized spacial score (nSPS) is 17.9. The molecule has 2 unspecified atom stereocenters. The highest BCUT2D eigenvalue weighted by Gasteiger charge is 2.24. The van der Waals surface area contributed by atoms with Gasteiger partial charge in [0.25, 0.3) is 0 Å². The third-order valence-corrected chi connectivity index (χ3v) is 5.22. The van der Waals surface area contributed by atoms with Gasteiger partial charge in [-0.1, -0.05) is 19.9 Å². The van der Waals surface area contributed by atoms with E-state index in [4.69, 9.17) is 0 Å². The van der Waals surface area contributed by atoms with Crippen molar-refractivity contribution in [1.82, 2.24) is 20.2 Å². The van der Waals surface area contributed by atoms with Crippen LogP contribution in [-0.2, 0) is 4.79 Å². The molecule has 1 saturated heterocycles. The van der Waals surface area contributed by atoms with Gasteiger partial charge in [0.15, 0.2) is 0 Å². The zero-order chi connectivity index (χ0) is 18.0. The summed E-state index contributed by atoms with van der Waals surface area (Å²) in [5, 5.41) is 3.23. The van der Waals surface area contributed by atoms with E-state index in [1.54, 1.807) is 0 Å². The molecule has 6 heteroatoms. The first kappa shape index (κ1) is 17.7. The molecule has 6 nitrogen and oxygen atoms in total. The fraction of sp³-hybridized carbons (Fsp3) is 0.579. The molecule has 1 amide bonds. The first-order valence-corrected chi connectivity index (χ1v) is 9.18. The van der Waals surface area contributed by atoms with Gasteiger partial charge in [-0.15, -0.1) is 0 Å². The highest BCUT2D eigenvalue weighted by atomic mass is 16.2. The van der Waals surface area contributed by atoms with Gasteiger partial charge in [0.2, 0.25) is 5.91 Å². The van der Waals surface area contributed by atoms with Crippen LogP contribution in [0.4, 0.5) is 0 Å². The summed E-state index contributed by atoms with van der Waals surface area (Å²) in [4.78, 5) is 32.1. The fourth-order valence-electron chi connectivity index (χ4n) is 3.45. The number of aromatic amines is 2. The number of benzene rings is 1. The Hall–Kier alpha value is -2.08. The molecule has 1 aromatic carbocycles. The Balaban J connectivity index is 1.69. The molecule has 0 aliphatic carbocycles.